The van der Waals surface area contributed by atoms with Crippen LogP contribution >= 0.6 is 0 Å². The van der Waals surface area contributed by atoms with Crippen molar-refractivity contribution in [3.63, 3.8) is 0 Å². The Morgan fingerprint density at radius 1 is 1.24 bits per heavy atom. The molecule has 0 spiro atoms. The van der Waals surface area contributed by atoms with Crippen molar-refractivity contribution in [1.29, 1.82) is 0 Å². The highest BCUT2D eigenvalue weighted by atomic mass is 16.5. The van der Waals surface area contributed by atoms with Crippen LogP contribution in [0.15, 0.2) is 0 Å². The topological polar surface area (TPSA) is 75.7 Å². The van der Waals surface area contributed by atoms with Crippen LogP contribution in [-0.2, 0) is 19.1 Å². The van der Waals surface area contributed by atoms with Crippen LogP contribution in [0.3, 0.4) is 0 Å². The van der Waals surface area contributed by atoms with Crippen molar-refractivity contribution < 1.29 is 19.1 Å². The van der Waals surface area contributed by atoms with Gasteiger partial charge >= 0.3 is 5.97 Å². The molecule has 0 aromatic carbocycles. The molecule has 6 nitrogen and oxygen atoms in total. The third kappa shape index (κ3) is 5.19. The van der Waals surface area contributed by atoms with Gasteiger partial charge in [-0.2, -0.15) is 0 Å². The Labute approximate surface area is 150 Å². The van der Waals surface area contributed by atoms with E-state index in [9.17, 15) is 14.4 Å². The zero-order valence-corrected chi connectivity index (χ0v) is 16.1. The molecule has 2 aliphatic rings. The molecule has 6 heteroatoms. The summed E-state index contributed by atoms with van der Waals surface area (Å²) in [4.78, 5) is 38.3. The molecule has 0 aromatic rings. The van der Waals surface area contributed by atoms with Crippen molar-refractivity contribution >= 4 is 17.8 Å². The zero-order valence-electron chi connectivity index (χ0n) is 16.1. The molecule has 4 atom stereocenters. The number of hydrogen-bond acceptors (Lipinski definition) is 4. The van der Waals surface area contributed by atoms with Gasteiger partial charge in [0.2, 0.25) is 5.91 Å². The van der Waals surface area contributed by atoms with Crippen LogP contribution in [0.2, 0.25) is 0 Å². The highest BCUT2D eigenvalue weighted by Crippen LogP contribution is 2.35. The highest BCUT2D eigenvalue weighted by molar-refractivity contribution is 5.88. The molecule has 2 amide bonds. The number of amides is 2. The van der Waals surface area contributed by atoms with Crippen LogP contribution in [0, 0.1) is 17.8 Å². The number of carbonyl (C=O) groups excluding carboxylic acids is 3. The number of hydrogen-bond donors (Lipinski definition) is 1. The average Bonchev–Trinajstić information content (AvgIpc) is 2.88. The van der Waals surface area contributed by atoms with Gasteiger partial charge in [-0.1, -0.05) is 26.7 Å². The summed E-state index contributed by atoms with van der Waals surface area (Å²) in [5.41, 5.74) is -0.364. The fourth-order valence-corrected chi connectivity index (χ4v) is 3.91. The molecular formula is C19H32N2O4. The summed E-state index contributed by atoms with van der Waals surface area (Å²) in [6.45, 7) is 10.2. The first-order valence-corrected chi connectivity index (χ1v) is 9.35. The Kier molecular flexibility index (Phi) is 6.12. The zero-order chi connectivity index (χ0) is 18.8. The van der Waals surface area contributed by atoms with E-state index in [1.807, 2.05) is 25.7 Å². The lowest BCUT2D eigenvalue weighted by Crippen LogP contribution is -2.45. The summed E-state index contributed by atoms with van der Waals surface area (Å²) in [6, 6.07) is 0.221. The molecule has 2 rings (SSSR count). The Balaban J connectivity index is 1.87. The molecule has 1 aliphatic carbocycles. The maximum atomic E-state index is 12.4. The number of nitrogens with one attached hydrogen (secondary N) is 1. The molecule has 142 valence electrons. The third-order valence-electron chi connectivity index (χ3n) is 5.42. The van der Waals surface area contributed by atoms with Crippen LogP contribution in [0.25, 0.3) is 0 Å². The van der Waals surface area contributed by atoms with E-state index in [1.165, 1.54) is 6.42 Å². The Morgan fingerprint density at radius 2 is 1.92 bits per heavy atom. The Morgan fingerprint density at radius 3 is 2.56 bits per heavy atom. The lowest BCUT2D eigenvalue weighted by Gasteiger charge is -2.39. The van der Waals surface area contributed by atoms with E-state index in [-0.39, 0.29) is 36.4 Å². The average molecular weight is 352 g/mol. The second-order valence-electron chi connectivity index (χ2n) is 8.69. The molecule has 0 unspecified atom stereocenters. The first-order chi connectivity index (χ1) is 11.6. The summed E-state index contributed by atoms with van der Waals surface area (Å²) >= 11 is 0. The third-order valence-corrected chi connectivity index (χ3v) is 5.42. The number of carbonyl (C=O) groups is 3. The summed E-state index contributed by atoms with van der Waals surface area (Å²) < 4.78 is 5.14. The smallest absolute Gasteiger partial charge is 0.311 e. The second-order valence-corrected chi connectivity index (χ2v) is 8.69. The van der Waals surface area contributed by atoms with E-state index < -0.39 is 11.9 Å². The monoisotopic (exact) mass is 352 g/mol. The molecular weight excluding hydrogens is 320 g/mol. The van der Waals surface area contributed by atoms with E-state index in [1.54, 1.807) is 0 Å². The summed E-state index contributed by atoms with van der Waals surface area (Å²) in [5.74, 6) is -0.150. The van der Waals surface area contributed by atoms with Gasteiger partial charge in [-0.25, -0.2) is 0 Å². The fourth-order valence-electron chi connectivity index (χ4n) is 3.91. The van der Waals surface area contributed by atoms with Crippen molar-refractivity contribution in [3.05, 3.63) is 0 Å². The van der Waals surface area contributed by atoms with Crippen LogP contribution in [0.4, 0.5) is 0 Å². The van der Waals surface area contributed by atoms with Crippen LogP contribution in [0.1, 0.15) is 60.3 Å². The first-order valence-electron chi connectivity index (χ1n) is 9.35. The molecule has 0 bridgehead atoms. The van der Waals surface area contributed by atoms with E-state index >= 15 is 0 Å². The standard InChI is InChI=1S/C19H32N2O4/c1-12-7-6-8-15(13(12)2)21-10-14(9-17(21)23)18(24)25-11-16(22)20-19(3,4)5/h12-15H,6-11H2,1-5H3,(H,20,22)/t12-,13+,14+,15+/m0/s1. The van der Waals surface area contributed by atoms with Crippen LogP contribution in [-0.4, -0.2) is 47.4 Å². The van der Waals surface area contributed by atoms with Gasteiger partial charge in [0.05, 0.1) is 5.92 Å². The molecule has 25 heavy (non-hydrogen) atoms. The van der Waals surface area contributed by atoms with E-state index in [2.05, 4.69) is 19.2 Å². The highest BCUT2D eigenvalue weighted by Gasteiger charge is 2.42. The lowest BCUT2D eigenvalue weighted by molar-refractivity contribution is -0.152. The van der Waals surface area contributed by atoms with Gasteiger partial charge in [0.25, 0.3) is 5.91 Å². The van der Waals surface area contributed by atoms with Gasteiger partial charge in [-0.05, 0) is 39.0 Å². The SMILES string of the molecule is C[C@H]1[C@H](N2C[C@H](C(=O)OCC(=O)NC(C)(C)C)CC2=O)CCC[C@@H]1C. The molecule has 0 aromatic heterocycles. The maximum absolute atomic E-state index is 12.4. The number of likely N-dealkylation sites (tertiary alicyclic amines) is 1. The van der Waals surface area contributed by atoms with E-state index in [0.717, 1.165) is 12.8 Å². The Bertz CT molecular complexity index is 526. The van der Waals surface area contributed by atoms with Crippen molar-refractivity contribution in [3.8, 4) is 0 Å². The lowest BCUT2D eigenvalue weighted by atomic mass is 9.77. The van der Waals surface area contributed by atoms with Gasteiger partial charge < -0.3 is 15.0 Å². The largest absolute Gasteiger partial charge is 0.455 e. The van der Waals surface area contributed by atoms with Crippen LogP contribution in [0.5, 0.6) is 0 Å². The first kappa shape index (κ1) is 19.7. The second kappa shape index (κ2) is 7.75. The maximum Gasteiger partial charge on any atom is 0.311 e. The molecule has 1 saturated heterocycles. The van der Waals surface area contributed by atoms with Gasteiger partial charge in [0.15, 0.2) is 6.61 Å². The fraction of sp³-hybridized carbons (Fsp3) is 0.842. The molecule has 1 heterocycles. The minimum absolute atomic E-state index is 0.0343. The van der Waals surface area contributed by atoms with Crippen molar-refractivity contribution in [2.45, 2.75) is 71.9 Å². The molecule has 2 fully saturated rings. The number of ether oxygens (including phenoxy) is 1. The molecule has 1 aliphatic heterocycles. The van der Waals surface area contributed by atoms with Gasteiger partial charge in [-0.3, -0.25) is 14.4 Å². The van der Waals surface area contributed by atoms with Gasteiger partial charge in [0, 0.05) is 24.5 Å². The number of nitrogens with zero attached hydrogens (tertiary/aromatic N) is 1. The summed E-state index contributed by atoms with van der Waals surface area (Å²) in [7, 11) is 0. The normalized spacial score (nSPS) is 30.3. The van der Waals surface area contributed by atoms with Crippen LogP contribution < -0.4 is 5.32 Å². The Hall–Kier alpha value is -1.59. The molecule has 1 saturated carbocycles. The summed E-state index contributed by atoms with van der Waals surface area (Å²) in [5, 5.41) is 2.75. The van der Waals surface area contributed by atoms with Gasteiger partial charge in [-0.15, -0.1) is 0 Å². The quantitative estimate of drug-likeness (QED) is 0.787. The molecule has 1 N–H and O–H groups in total. The van der Waals surface area contributed by atoms with Crippen molar-refractivity contribution in [2.75, 3.05) is 13.2 Å². The summed E-state index contributed by atoms with van der Waals surface area (Å²) in [6.07, 6.45) is 3.53. The number of rotatable bonds is 4. The predicted octanol–water partition coefficient (Wildman–Crippen LogP) is 2.12. The molecule has 0 radical (unpaired) electrons. The predicted molar refractivity (Wildman–Crippen MR) is 94.6 cm³/mol. The van der Waals surface area contributed by atoms with Gasteiger partial charge in [0.1, 0.15) is 0 Å². The van der Waals surface area contributed by atoms with E-state index in [0.29, 0.717) is 18.4 Å². The number of esters is 1. The van der Waals surface area contributed by atoms with E-state index in [4.69, 9.17) is 4.74 Å². The van der Waals surface area contributed by atoms with Crippen molar-refractivity contribution in [1.82, 2.24) is 10.2 Å². The minimum Gasteiger partial charge on any atom is -0.455 e. The minimum atomic E-state index is -0.459. The van der Waals surface area contributed by atoms with Crippen molar-refractivity contribution in [2.24, 2.45) is 17.8 Å².